The minimum Gasteiger partial charge on any atom is -0.495 e. The first-order valence-corrected chi connectivity index (χ1v) is 15.1. The third-order valence-corrected chi connectivity index (χ3v) is 7.74. The van der Waals surface area contributed by atoms with Crippen molar-refractivity contribution >= 4 is 46.0 Å². The number of morpholine rings is 2. The van der Waals surface area contributed by atoms with Gasteiger partial charge >= 0.3 is 0 Å². The highest BCUT2D eigenvalue weighted by Crippen LogP contribution is 2.35. The molecule has 46 heavy (non-hydrogen) atoms. The predicted molar refractivity (Wildman–Crippen MR) is 178 cm³/mol. The summed E-state index contributed by atoms with van der Waals surface area (Å²) in [4.78, 5) is 25.7. The molecule has 4 aromatic rings. The summed E-state index contributed by atoms with van der Waals surface area (Å²) in [7, 11) is 1.65. The molecule has 2 aliphatic rings. The monoisotopic (exact) mass is 625 g/mol. The number of aromatic nitrogens is 2. The standard InChI is InChI=1S/C34H36FN7O4/c1-3-32(43)38-24-6-4-5-23(19-24)33-28(37-25-7-9-29(27(35)20-25)41-11-15-45-16-12-41)22-36-34(40-33)39-26-8-10-31(44-2)30(21-26)42-13-17-46-18-14-42/h3-10,19-22,37H,1,11-18H2,2H3,(H,38,43)(H,36,39,40). The van der Waals surface area contributed by atoms with Crippen molar-refractivity contribution in [3.63, 3.8) is 0 Å². The Morgan fingerprint density at radius 2 is 1.59 bits per heavy atom. The van der Waals surface area contributed by atoms with Crippen LogP contribution >= 0.6 is 0 Å². The maximum Gasteiger partial charge on any atom is 0.247 e. The summed E-state index contributed by atoms with van der Waals surface area (Å²) in [5.74, 6) is 0.455. The first kappa shape index (κ1) is 30.8. The number of carbonyl (C=O) groups excluding carboxylic acids is 1. The Bertz CT molecular complexity index is 1710. The van der Waals surface area contributed by atoms with Gasteiger partial charge in [0.25, 0.3) is 0 Å². The molecule has 3 N–H and O–H groups in total. The lowest BCUT2D eigenvalue weighted by molar-refractivity contribution is -0.111. The zero-order valence-corrected chi connectivity index (χ0v) is 25.6. The highest BCUT2D eigenvalue weighted by molar-refractivity contribution is 5.99. The Kier molecular flexibility index (Phi) is 9.56. The number of nitrogens with one attached hydrogen (secondary N) is 3. The minimum atomic E-state index is -0.336. The van der Waals surface area contributed by atoms with E-state index < -0.39 is 0 Å². The van der Waals surface area contributed by atoms with E-state index in [9.17, 15) is 4.79 Å². The summed E-state index contributed by atoms with van der Waals surface area (Å²) < 4.78 is 31.8. The van der Waals surface area contributed by atoms with Crippen LogP contribution in [0.4, 0.5) is 44.5 Å². The molecule has 3 heterocycles. The van der Waals surface area contributed by atoms with Gasteiger partial charge in [-0.2, -0.15) is 0 Å². The predicted octanol–water partition coefficient (Wildman–Crippen LogP) is 5.58. The second-order valence-electron chi connectivity index (χ2n) is 10.7. The van der Waals surface area contributed by atoms with Crippen LogP contribution in [-0.2, 0) is 14.3 Å². The summed E-state index contributed by atoms with van der Waals surface area (Å²) in [6.45, 7) is 8.75. The number of nitrogens with zero attached hydrogens (tertiary/aromatic N) is 4. The van der Waals surface area contributed by atoms with Crippen molar-refractivity contribution < 1.29 is 23.4 Å². The number of hydrogen-bond acceptors (Lipinski definition) is 10. The molecule has 0 bridgehead atoms. The van der Waals surface area contributed by atoms with Crippen molar-refractivity contribution in [2.24, 2.45) is 0 Å². The van der Waals surface area contributed by atoms with Crippen LogP contribution in [-0.4, -0.2) is 75.6 Å². The van der Waals surface area contributed by atoms with Crippen molar-refractivity contribution in [1.29, 1.82) is 0 Å². The summed E-state index contributed by atoms with van der Waals surface area (Å²) in [5, 5.41) is 9.41. The molecule has 0 radical (unpaired) electrons. The summed E-state index contributed by atoms with van der Waals surface area (Å²) in [6, 6.07) is 18.2. The first-order chi connectivity index (χ1) is 22.5. The normalized spacial score (nSPS) is 14.8. The van der Waals surface area contributed by atoms with Gasteiger partial charge in [0.2, 0.25) is 11.9 Å². The molecule has 1 aromatic heterocycles. The summed E-state index contributed by atoms with van der Waals surface area (Å²) >= 11 is 0. The van der Waals surface area contributed by atoms with Crippen LogP contribution in [0.3, 0.4) is 0 Å². The maximum absolute atomic E-state index is 15.3. The zero-order valence-electron chi connectivity index (χ0n) is 25.6. The van der Waals surface area contributed by atoms with Crippen LogP contribution < -0.4 is 30.5 Å². The molecule has 0 unspecified atom stereocenters. The molecule has 0 spiro atoms. The fourth-order valence-electron chi connectivity index (χ4n) is 5.44. The molecule has 0 saturated carbocycles. The first-order valence-electron chi connectivity index (χ1n) is 15.1. The van der Waals surface area contributed by atoms with Crippen molar-refractivity contribution in [2.45, 2.75) is 0 Å². The van der Waals surface area contributed by atoms with E-state index in [-0.39, 0.29) is 11.7 Å². The van der Waals surface area contributed by atoms with Crippen LogP contribution in [0.25, 0.3) is 11.3 Å². The van der Waals surface area contributed by atoms with E-state index in [1.54, 1.807) is 25.4 Å². The highest BCUT2D eigenvalue weighted by atomic mass is 19.1. The third kappa shape index (κ3) is 7.19. The number of anilines is 7. The van der Waals surface area contributed by atoms with E-state index in [2.05, 4.69) is 32.4 Å². The smallest absolute Gasteiger partial charge is 0.247 e. The van der Waals surface area contributed by atoms with E-state index in [4.69, 9.17) is 19.2 Å². The summed E-state index contributed by atoms with van der Waals surface area (Å²) in [6.07, 6.45) is 2.86. The van der Waals surface area contributed by atoms with Crippen LogP contribution in [0.5, 0.6) is 5.75 Å². The minimum absolute atomic E-state index is 0.327. The van der Waals surface area contributed by atoms with E-state index in [0.717, 1.165) is 30.2 Å². The molecule has 1 amide bonds. The average Bonchev–Trinajstić information content (AvgIpc) is 3.10. The van der Waals surface area contributed by atoms with Crippen molar-refractivity contribution in [3.8, 4) is 17.0 Å². The topological polar surface area (TPSA) is 113 Å². The van der Waals surface area contributed by atoms with Crippen molar-refractivity contribution in [1.82, 2.24) is 9.97 Å². The molecule has 11 nitrogen and oxygen atoms in total. The van der Waals surface area contributed by atoms with E-state index >= 15 is 4.39 Å². The lowest BCUT2D eigenvalue weighted by Crippen LogP contribution is -2.36. The number of carbonyl (C=O) groups is 1. The van der Waals surface area contributed by atoms with E-state index in [1.807, 2.05) is 47.4 Å². The number of rotatable bonds is 10. The molecule has 2 aliphatic heterocycles. The molecule has 238 valence electrons. The fourth-order valence-corrected chi connectivity index (χ4v) is 5.44. The maximum atomic E-state index is 15.3. The lowest BCUT2D eigenvalue weighted by atomic mass is 10.1. The molecule has 2 saturated heterocycles. The molecule has 3 aromatic carbocycles. The van der Waals surface area contributed by atoms with Crippen LogP contribution in [0.15, 0.2) is 79.5 Å². The second-order valence-corrected chi connectivity index (χ2v) is 10.7. The van der Waals surface area contributed by atoms with E-state index in [0.29, 0.717) is 79.5 Å². The number of halogens is 1. The van der Waals surface area contributed by atoms with Crippen LogP contribution in [0.2, 0.25) is 0 Å². The Morgan fingerprint density at radius 1 is 0.891 bits per heavy atom. The Morgan fingerprint density at radius 3 is 2.28 bits per heavy atom. The van der Waals surface area contributed by atoms with Gasteiger partial charge in [-0.05, 0) is 54.6 Å². The Balaban J connectivity index is 1.32. The number of ether oxygens (including phenoxy) is 3. The number of amides is 1. The number of methoxy groups -OCH3 is 1. The largest absolute Gasteiger partial charge is 0.495 e. The van der Waals surface area contributed by atoms with Gasteiger partial charge < -0.3 is 40.0 Å². The third-order valence-electron chi connectivity index (χ3n) is 7.74. The van der Waals surface area contributed by atoms with Crippen LogP contribution in [0, 0.1) is 5.82 Å². The molecule has 0 aliphatic carbocycles. The number of benzene rings is 3. The second kappa shape index (κ2) is 14.3. The van der Waals surface area contributed by atoms with Gasteiger partial charge in [-0.3, -0.25) is 4.79 Å². The molecule has 2 fully saturated rings. The SMILES string of the molecule is C=CC(=O)Nc1cccc(-c2nc(Nc3ccc(OC)c(N4CCOCC4)c3)ncc2Nc2ccc(N3CCOCC3)c(F)c2)c1. The fraction of sp³-hybridized carbons (Fsp3) is 0.265. The van der Waals surface area contributed by atoms with Gasteiger partial charge in [-0.25, -0.2) is 14.4 Å². The van der Waals surface area contributed by atoms with Crippen LogP contribution in [0.1, 0.15) is 0 Å². The Hall–Kier alpha value is -5.20. The molecule has 12 heteroatoms. The molecular formula is C34H36FN7O4. The molecule has 0 atom stereocenters. The Labute approximate surface area is 267 Å². The molecular weight excluding hydrogens is 589 g/mol. The summed E-state index contributed by atoms with van der Waals surface area (Å²) in [5.41, 5.74) is 5.20. The van der Waals surface area contributed by atoms with E-state index in [1.165, 1.54) is 12.1 Å². The van der Waals surface area contributed by atoms with Gasteiger partial charge in [0.1, 0.15) is 11.6 Å². The van der Waals surface area contributed by atoms with Gasteiger partial charge in [-0.15, -0.1) is 0 Å². The van der Waals surface area contributed by atoms with Gasteiger partial charge in [-0.1, -0.05) is 18.7 Å². The lowest BCUT2D eigenvalue weighted by Gasteiger charge is -2.30. The van der Waals surface area contributed by atoms with Gasteiger partial charge in [0.15, 0.2) is 0 Å². The van der Waals surface area contributed by atoms with Crippen molar-refractivity contribution in [2.75, 3.05) is 85.5 Å². The molecule has 6 rings (SSSR count). The van der Waals surface area contributed by atoms with Gasteiger partial charge in [0, 0.05) is 48.8 Å². The highest BCUT2D eigenvalue weighted by Gasteiger charge is 2.19. The average molecular weight is 626 g/mol. The van der Waals surface area contributed by atoms with Gasteiger partial charge in [0.05, 0.1) is 62.5 Å². The van der Waals surface area contributed by atoms with Crippen molar-refractivity contribution in [3.05, 3.63) is 85.3 Å². The quantitative estimate of drug-likeness (QED) is 0.193. The zero-order chi connectivity index (χ0) is 31.9. The number of hydrogen-bond donors (Lipinski definition) is 3.